The van der Waals surface area contributed by atoms with E-state index < -0.39 is 17.5 Å². The Kier molecular flexibility index (Phi) is 4.69. The maximum Gasteiger partial charge on any atom is 0.331 e. The van der Waals surface area contributed by atoms with Gasteiger partial charge in [0.05, 0.1) is 0 Å². The van der Waals surface area contributed by atoms with E-state index in [1.165, 1.54) is 0 Å². The third-order valence-corrected chi connectivity index (χ3v) is 5.45. The first kappa shape index (κ1) is 18.3. The van der Waals surface area contributed by atoms with E-state index in [4.69, 9.17) is 9.84 Å². The number of carboxylic acids is 2. The molecule has 0 aromatic heterocycles. The summed E-state index contributed by atoms with van der Waals surface area (Å²) in [4.78, 5) is 22.1. The molecule has 0 spiro atoms. The molecular weight excluding hydrogens is 336 g/mol. The van der Waals surface area contributed by atoms with E-state index in [1.807, 2.05) is 19.9 Å². The molecule has 2 unspecified atom stereocenters. The first-order valence-electron chi connectivity index (χ1n) is 8.89. The summed E-state index contributed by atoms with van der Waals surface area (Å²) >= 11 is 0. The van der Waals surface area contributed by atoms with E-state index in [-0.39, 0.29) is 24.0 Å². The van der Waals surface area contributed by atoms with Crippen molar-refractivity contribution >= 4 is 11.9 Å². The summed E-state index contributed by atoms with van der Waals surface area (Å²) in [6.45, 7) is 3.97. The number of hydrogen-bond donors (Lipinski definition) is 3. The van der Waals surface area contributed by atoms with Crippen molar-refractivity contribution in [3.05, 3.63) is 34.9 Å². The lowest BCUT2D eigenvalue weighted by atomic mass is 9.67. The van der Waals surface area contributed by atoms with E-state index in [1.54, 1.807) is 12.1 Å². The minimum atomic E-state index is -0.918. The van der Waals surface area contributed by atoms with Gasteiger partial charge in [-0.25, -0.2) is 4.79 Å². The quantitative estimate of drug-likeness (QED) is 0.743. The number of ether oxygens (including phenoxy) is 1. The van der Waals surface area contributed by atoms with Crippen molar-refractivity contribution in [2.24, 2.45) is 5.92 Å². The van der Waals surface area contributed by atoms with Crippen molar-refractivity contribution in [1.82, 2.24) is 0 Å². The topological polar surface area (TPSA) is 104 Å². The lowest BCUT2D eigenvalue weighted by Crippen LogP contribution is -2.45. The Bertz CT molecular complexity index is 777. The molecule has 0 fully saturated rings. The smallest absolute Gasteiger partial charge is 0.331 e. The first-order chi connectivity index (χ1) is 12.2. The summed E-state index contributed by atoms with van der Waals surface area (Å²) < 4.78 is 6.18. The third-order valence-electron chi connectivity index (χ3n) is 5.45. The zero-order valence-corrected chi connectivity index (χ0v) is 15.0. The fourth-order valence-corrected chi connectivity index (χ4v) is 4.18. The number of aliphatic carboxylic acids is 2. The minimum absolute atomic E-state index is 0.0691. The zero-order valence-electron chi connectivity index (χ0n) is 15.0. The average Bonchev–Trinajstić information content (AvgIpc) is 2.52. The van der Waals surface area contributed by atoms with Crippen molar-refractivity contribution in [2.45, 2.75) is 57.5 Å². The maximum atomic E-state index is 11.4. The lowest BCUT2D eigenvalue weighted by molar-refractivity contribution is -0.137. The first-order valence-corrected chi connectivity index (χ1v) is 8.89. The number of phenolic OH excluding ortho intramolecular Hbond substituents is 1. The second kappa shape index (κ2) is 6.67. The molecule has 0 saturated carbocycles. The van der Waals surface area contributed by atoms with Crippen LogP contribution in [0.2, 0.25) is 0 Å². The Morgan fingerprint density at radius 3 is 2.65 bits per heavy atom. The van der Waals surface area contributed by atoms with Crippen LogP contribution in [0.25, 0.3) is 0 Å². The molecule has 26 heavy (non-hydrogen) atoms. The number of hydrogen-bond acceptors (Lipinski definition) is 4. The van der Waals surface area contributed by atoms with E-state index in [0.29, 0.717) is 42.6 Å². The number of aromatic hydroxyl groups is 1. The van der Waals surface area contributed by atoms with Crippen LogP contribution in [0, 0.1) is 5.92 Å². The van der Waals surface area contributed by atoms with E-state index >= 15 is 0 Å². The molecule has 6 heteroatoms. The zero-order chi connectivity index (χ0) is 19.1. The third kappa shape index (κ3) is 3.41. The molecule has 1 heterocycles. The number of carbonyl (C=O) groups is 2. The van der Waals surface area contributed by atoms with Gasteiger partial charge in [0.25, 0.3) is 0 Å². The summed E-state index contributed by atoms with van der Waals surface area (Å²) in [6, 6.07) is 3.49. The summed E-state index contributed by atoms with van der Waals surface area (Å²) in [7, 11) is 0. The van der Waals surface area contributed by atoms with Crippen LogP contribution in [0.1, 0.15) is 56.6 Å². The maximum absolute atomic E-state index is 11.4. The highest BCUT2D eigenvalue weighted by Gasteiger charge is 2.46. The summed E-state index contributed by atoms with van der Waals surface area (Å²) in [5, 5.41) is 28.7. The van der Waals surface area contributed by atoms with Gasteiger partial charge in [0.15, 0.2) is 0 Å². The standard InChI is InChI=1S/C20H24O6/c1-20(2)14-7-6-12(19(24)25)10-13(14)18-15(21)8-11(9-16(18)26-20)4-3-5-17(22)23/h8-10,13-14,21H,3-7H2,1-2H3,(H,22,23)(H,24,25). The summed E-state index contributed by atoms with van der Waals surface area (Å²) in [5.41, 5.74) is 1.34. The molecule has 1 aromatic carbocycles. The molecule has 140 valence electrons. The number of benzene rings is 1. The molecule has 1 aromatic rings. The van der Waals surface area contributed by atoms with E-state index in [2.05, 4.69) is 0 Å². The van der Waals surface area contributed by atoms with Crippen molar-refractivity contribution in [3.8, 4) is 11.5 Å². The monoisotopic (exact) mass is 360 g/mol. The van der Waals surface area contributed by atoms with Gasteiger partial charge in [-0.2, -0.15) is 0 Å². The lowest BCUT2D eigenvalue weighted by Gasteiger charge is -2.46. The number of rotatable bonds is 5. The van der Waals surface area contributed by atoms with Gasteiger partial charge in [0.2, 0.25) is 0 Å². The highest BCUT2D eigenvalue weighted by atomic mass is 16.5. The van der Waals surface area contributed by atoms with Gasteiger partial charge in [0.1, 0.15) is 17.1 Å². The molecule has 1 aliphatic heterocycles. The number of aryl methyl sites for hydroxylation is 1. The Balaban J connectivity index is 1.98. The molecule has 6 nitrogen and oxygen atoms in total. The highest BCUT2D eigenvalue weighted by molar-refractivity contribution is 5.87. The fraction of sp³-hybridized carbons (Fsp3) is 0.500. The summed E-state index contributed by atoms with van der Waals surface area (Å²) in [5.74, 6) is -1.24. The number of allylic oxidation sites excluding steroid dienone is 1. The fourth-order valence-electron chi connectivity index (χ4n) is 4.18. The van der Waals surface area contributed by atoms with E-state index in [0.717, 1.165) is 5.56 Å². The SMILES string of the molecule is CC1(C)Oc2cc(CCCC(=O)O)cc(O)c2C2C=C(C(=O)O)CCC21. The van der Waals surface area contributed by atoms with Crippen LogP contribution in [0.15, 0.2) is 23.8 Å². The molecule has 3 N–H and O–H groups in total. The normalized spacial score (nSPS) is 23.2. The molecule has 0 radical (unpaired) electrons. The number of fused-ring (bicyclic) bond motifs is 3. The molecule has 0 bridgehead atoms. The van der Waals surface area contributed by atoms with E-state index in [9.17, 15) is 19.8 Å². The predicted molar refractivity (Wildman–Crippen MR) is 94.6 cm³/mol. The minimum Gasteiger partial charge on any atom is -0.507 e. The second-order valence-electron chi connectivity index (χ2n) is 7.65. The summed E-state index contributed by atoms with van der Waals surface area (Å²) in [6.07, 6.45) is 4.01. The predicted octanol–water partition coefficient (Wildman–Crippen LogP) is 3.48. The number of phenols is 1. The molecule has 0 amide bonds. The Labute approximate surface area is 152 Å². The van der Waals surface area contributed by atoms with Gasteiger partial charge >= 0.3 is 11.9 Å². The van der Waals surface area contributed by atoms with Crippen molar-refractivity contribution in [2.75, 3.05) is 0 Å². The molecular formula is C20H24O6. The largest absolute Gasteiger partial charge is 0.507 e. The van der Waals surface area contributed by atoms with Gasteiger partial charge in [-0.05, 0) is 57.2 Å². The molecule has 2 aliphatic rings. The van der Waals surface area contributed by atoms with Crippen LogP contribution in [0.3, 0.4) is 0 Å². The molecule has 2 atom stereocenters. The van der Waals surface area contributed by atoms with Gasteiger partial charge in [-0.3, -0.25) is 4.79 Å². The highest BCUT2D eigenvalue weighted by Crippen LogP contribution is 2.53. The average molecular weight is 360 g/mol. The Morgan fingerprint density at radius 1 is 1.27 bits per heavy atom. The van der Waals surface area contributed by atoms with Crippen LogP contribution in [0.5, 0.6) is 11.5 Å². The van der Waals surface area contributed by atoms with Crippen LogP contribution in [0.4, 0.5) is 0 Å². The van der Waals surface area contributed by atoms with Crippen LogP contribution < -0.4 is 4.74 Å². The van der Waals surface area contributed by atoms with Crippen LogP contribution in [-0.4, -0.2) is 32.9 Å². The van der Waals surface area contributed by atoms with Crippen molar-refractivity contribution in [1.29, 1.82) is 0 Å². The van der Waals surface area contributed by atoms with Crippen LogP contribution >= 0.6 is 0 Å². The Morgan fingerprint density at radius 2 is 2.00 bits per heavy atom. The van der Waals surface area contributed by atoms with Crippen molar-refractivity contribution in [3.63, 3.8) is 0 Å². The van der Waals surface area contributed by atoms with Gasteiger partial charge in [-0.1, -0.05) is 6.08 Å². The van der Waals surface area contributed by atoms with Gasteiger partial charge in [-0.15, -0.1) is 0 Å². The van der Waals surface area contributed by atoms with Crippen LogP contribution in [-0.2, 0) is 16.0 Å². The Hall–Kier alpha value is -2.50. The molecule has 0 saturated heterocycles. The molecule has 3 rings (SSSR count). The second-order valence-corrected chi connectivity index (χ2v) is 7.65. The van der Waals surface area contributed by atoms with Gasteiger partial charge < -0.3 is 20.1 Å². The van der Waals surface area contributed by atoms with Crippen molar-refractivity contribution < 1.29 is 29.6 Å². The van der Waals surface area contributed by atoms with Gasteiger partial charge in [0, 0.05) is 29.4 Å². The number of carboxylic acid groups (broad SMARTS) is 2. The molecule has 1 aliphatic carbocycles.